The number of nitrogens with one attached hydrogen (secondary N) is 1. The van der Waals surface area contributed by atoms with E-state index in [4.69, 9.17) is 9.84 Å². The third kappa shape index (κ3) is 8.88. The van der Waals surface area contributed by atoms with Gasteiger partial charge in [0.05, 0.1) is 6.61 Å². The smallest absolute Gasteiger partial charge is 0.303 e. The van der Waals surface area contributed by atoms with Crippen molar-refractivity contribution in [2.24, 2.45) is 0 Å². The molecule has 0 aliphatic rings. The molecule has 0 spiro atoms. The minimum atomic E-state index is -0.766. The van der Waals surface area contributed by atoms with E-state index < -0.39 is 5.97 Å². The molecule has 0 radical (unpaired) electrons. The highest BCUT2D eigenvalue weighted by Gasteiger charge is 2.17. The molecule has 5 nitrogen and oxygen atoms in total. The summed E-state index contributed by atoms with van der Waals surface area (Å²) in [4.78, 5) is 22.1. The van der Waals surface area contributed by atoms with E-state index in [0.717, 1.165) is 25.0 Å². The molecule has 146 valence electrons. The molecule has 1 aromatic carbocycles. The van der Waals surface area contributed by atoms with Crippen molar-refractivity contribution >= 4 is 11.9 Å². The maximum absolute atomic E-state index is 11.7. The van der Waals surface area contributed by atoms with Gasteiger partial charge in [-0.25, -0.2) is 0 Å². The molecular weight excluding hydrogens is 330 g/mol. The zero-order valence-electron chi connectivity index (χ0n) is 16.3. The molecule has 0 saturated heterocycles. The molecule has 26 heavy (non-hydrogen) atoms. The fraction of sp³-hybridized carbons (Fsp3) is 0.619. The van der Waals surface area contributed by atoms with Crippen LogP contribution >= 0.6 is 0 Å². The van der Waals surface area contributed by atoms with Crippen LogP contribution < -0.4 is 10.1 Å². The standard InChI is InChI=1S/C21H33NO4/c1-4-21(2,3)17-11-13-18(14-12-17)26-16-8-9-19(23)22-15-7-5-6-10-20(24)25/h11-14H,4-10,15-16H2,1-3H3,(H,22,23)(H,24,25). The lowest BCUT2D eigenvalue weighted by Gasteiger charge is -2.23. The molecule has 1 aromatic rings. The van der Waals surface area contributed by atoms with Gasteiger partial charge in [0.25, 0.3) is 0 Å². The summed E-state index contributed by atoms with van der Waals surface area (Å²) in [5.41, 5.74) is 1.47. The van der Waals surface area contributed by atoms with Gasteiger partial charge in [-0.2, -0.15) is 0 Å². The molecule has 0 aliphatic carbocycles. The Morgan fingerprint density at radius 3 is 2.35 bits per heavy atom. The van der Waals surface area contributed by atoms with Gasteiger partial charge in [-0.05, 0) is 48.8 Å². The lowest BCUT2D eigenvalue weighted by atomic mass is 9.82. The maximum atomic E-state index is 11.7. The van der Waals surface area contributed by atoms with Gasteiger partial charge in [0.1, 0.15) is 5.75 Å². The number of hydrogen-bond acceptors (Lipinski definition) is 3. The van der Waals surface area contributed by atoms with Crippen molar-refractivity contribution in [2.75, 3.05) is 13.2 Å². The Morgan fingerprint density at radius 1 is 1.04 bits per heavy atom. The first kappa shape index (κ1) is 22.0. The molecule has 0 aromatic heterocycles. The minimum Gasteiger partial charge on any atom is -0.494 e. The Hall–Kier alpha value is -2.04. The molecule has 0 atom stereocenters. The molecule has 5 heteroatoms. The van der Waals surface area contributed by atoms with Crippen molar-refractivity contribution in [1.29, 1.82) is 0 Å². The number of carbonyl (C=O) groups excluding carboxylic acids is 1. The van der Waals surface area contributed by atoms with Crippen LogP contribution in [0.2, 0.25) is 0 Å². The van der Waals surface area contributed by atoms with E-state index in [0.29, 0.717) is 32.4 Å². The number of amides is 1. The molecule has 2 N–H and O–H groups in total. The number of aliphatic carboxylic acids is 1. The van der Waals surface area contributed by atoms with Gasteiger partial charge in [-0.15, -0.1) is 0 Å². The fourth-order valence-corrected chi connectivity index (χ4v) is 2.52. The van der Waals surface area contributed by atoms with E-state index in [-0.39, 0.29) is 17.7 Å². The van der Waals surface area contributed by atoms with Crippen LogP contribution in [0.25, 0.3) is 0 Å². The normalized spacial score (nSPS) is 11.2. The zero-order chi connectivity index (χ0) is 19.4. The summed E-state index contributed by atoms with van der Waals surface area (Å²) in [6.07, 6.45) is 4.69. The molecule has 1 amide bonds. The lowest BCUT2D eigenvalue weighted by Crippen LogP contribution is -2.24. The van der Waals surface area contributed by atoms with E-state index in [1.54, 1.807) is 0 Å². The summed E-state index contributed by atoms with van der Waals surface area (Å²) < 4.78 is 5.70. The summed E-state index contributed by atoms with van der Waals surface area (Å²) in [7, 11) is 0. The number of carboxylic acids is 1. The van der Waals surface area contributed by atoms with Crippen LogP contribution in [0.4, 0.5) is 0 Å². The molecule has 0 aliphatic heterocycles. The third-order valence-corrected chi connectivity index (χ3v) is 4.73. The number of benzene rings is 1. The number of rotatable bonds is 13. The molecule has 1 rings (SSSR count). The van der Waals surface area contributed by atoms with Crippen molar-refractivity contribution in [1.82, 2.24) is 5.32 Å². The van der Waals surface area contributed by atoms with Crippen molar-refractivity contribution < 1.29 is 19.4 Å². The van der Waals surface area contributed by atoms with Crippen molar-refractivity contribution in [3.8, 4) is 5.75 Å². The van der Waals surface area contributed by atoms with Gasteiger partial charge in [0.2, 0.25) is 5.91 Å². The Kier molecular flexibility index (Phi) is 9.78. The highest BCUT2D eigenvalue weighted by Crippen LogP contribution is 2.28. The van der Waals surface area contributed by atoms with Crippen LogP contribution in [-0.4, -0.2) is 30.1 Å². The predicted octanol–water partition coefficient (Wildman–Crippen LogP) is 4.29. The molecule has 0 heterocycles. The van der Waals surface area contributed by atoms with Gasteiger partial charge in [-0.1, -0.05) is 39.3 Å². The largest absolute Gasteiger partial charge is 0.494 e. The van der Waals surface area contributed by atoms with E-state index in [9.17, 15) is 9.59 Å². The van der Waals surface area contributed by atoms with Gasteiger partial charge in [-0.3, -0.25) is 9.59 Å². The zero-order valence-corrected chi connectivity index (χ0v) is 16.3. The van der Waals surface area contributed by atoms with Crippen molar-refractivity contribution in [2.45, 2.75) is 71.1 Å². The highest BCUT2D eigenvalue weighted by atomic mass is 16.5. The number of hydrogen-bond donors (Lipinski definition) is 2. The van der Waals surface area contributed by atoms with Crippen LogP contribution in [-0.2, 0) is 15.0 Å². The van der Waals surface area contributed by atoms with Gasteiger partial charge < -0.3 is 15.2 Å². The maximum Gasteiger partial charge on any atom is 0.303 e. The monoisotopic (exact) mass is 363 g/mol. The Bertz CT molecular complexity index is 552. The Morgan fingerprint density at radius 2 is 1.73 bits per heavy atom. The van der Waals surface area contributed by atoms with Crippen LogP contribution in [0, 0.1) is 0 Å². The second kappa shape index (κ2) is 11.6. The fourth-order valence-electron chi connectivity index (χ4n) is 2.52. The van der Waals surface area contributed by atoms with E-state index in [2.05, 4.69) is 38.2 Å². The molecule has 0 unspecified atom stereocenters. The second-order valence-electron chi connectivity index (χ2n) is 7.27. The first-order valence-electron chi connectivity index (χ1n) is 9.57. The van der Waals surface area contributed by atoms with Gasteiger partial charge in [0.15, 0.2) is 0 Å². The summed E-state index contributed by atoms with van der Waals surface area (Å²) >= 11 is 0. The van der Waals surface area contributed by atoms with E-state index >= 15 is 0 Å². The number of carbonyl (C=O) groups is 2. The van der Waals surface area contributed by atoms with Crippen molar-refractivity contribution in [3.63, 3.8) is 0 Å². The van der Waals surface area contributed by atoms with Crippen LogP contribution in [0.3, 0.4) is 0 Å². The average molecular weight is 363 g/mol. The molecular formula is C21H33NO4. The first-order chi connectivity index (χ1) is 12.3. The summed E-state index contributed by atoms with van der Waals surface area (Å²) in [6.45, 7) is 7.77. The Balaban J connectivity index is 2.12. The molecule has 0 fully saturated rings. The molecule has 0 saturated carbocycles. The van der Waals surface area contributed by atoms with Crippen LogP contribution in [0.1, 0.15) is 71.3 Å². The summed E-state index contributed by atoms with van der Waals surface area (Å²) in [6, 6.07) is 8.19. The van der Waals surface area contributed by atoms with Gasteiger partial charge >= 0.3 is 5.97 Å². The van der Waals surface area contributed by atoms with E-state index in [1.165, 1.54) is 5.56 Å². The SMILES string of the molecule is CCC(C)(C)c1ccc(OCCCC(=O)NCCCCCC(=O)O)cc1. The first-order valence-corrected chi connectivity index (χ1v) is 9.57. The third-order valence-electron chi connectivity index (χ3n) is 4.73. The number of unbranched alkanes of at least 4 members (excludes halogenated alkanes) is 2. The second-order valence-corrected chi connectivity index (χ2v) is 7.27. The highest BCUT2D eigenvalue weighted by molar-refractivity contribution is 5.75. The van der Waals surface area contributed by atoms with Crippen molar-refractivity contribution in [3.05, 3.63) is 29.8 Å². The van der Waals surface area contributed by atoms with Gasteiger partial charge in [0, 0.05) is 19.4 Å². The van der Waals surface area contributed by atoms with Crippen LogP contribution in [0.5, 0.6) is 5.75 Å². The topological polar surface area (TPSA) is 75.6 Å². The minimum absolute atomic E-state index is 0.0203. The van der Waals surface area contributed by atoms with Crippen LogP contribution in [0.15, 0.2) is 24.3 Å². The predicted molar refractivity (Wildman–Crippen MR) is 104 cm³/mol. The Labute approximate surface area is 157 Å². The quantitative estimate of drug-likeness (QED) is 0.513. The average Bonchev–Trinajstić information content (AvgIpc) is 2.62. The lowest BCUT2D eigenvalue weighted by molar-refractivity contribution is -0.137. The number of carboxylic acid groups (broad SMARTS) is 1. The van der Waals surface area contributed by atoms with E-state index in [1.807, 2.05) is 12.1 Å². The summed E-state index contributed by atoms with van der Waals surface area (Å²) in [5.74, 6) is 0.0871. The molecule has 0 bridgehead atoms. The number of ether oxygens (including phenoxy) is 1. The summed E-state index contributed by atoms with van der Waals surface area (Å²) in [5, 5.41) is 11.4.